The van der Waals surface area contributed by atoms with Gasteiger partial charge in [-0.3, -0.25) is 0 Å². The minimum atomic E-state index is 0.216. The molecule has 0 radical (unpaired) electrons. The first-order valence-electron chi connectivity index (χ1n) is 7.13. The summed E-state index contributed by atoms with van der Waals surface area (Å²) >= 11 is 1.62. The lowest BCUT2D eigenvalue weighted by molar-refractivity contribution is 0.226. The van der Waals surface area contributed by atoms with Crippen LogP contribution in [0.5, 0.6) is 11.5 Å². The number of nitrogens with zero attached hydrogens (tertiary/aromatic N) is 1. The summed E-state index contributed by atoms with van der Waals surface area (Å²) in [5.41, 5.74) is 0. The largest absolute Gasteiger partial charge is 0.508 e. The summed E-state index contributed by atoms with van der Waals surface area (Å²) in [5.74, 6) is 1.47. The number of hydrogen-bond donors (Lipinski definition) is 2. The summed E-state index contributed by atoms with van der Waals surface area (Å²) in [4.78, 5) is 3.33. The van der Waals surface area contributed by atoms with E-state index < -0.39 is 0 Å². The van der Waals surface area contributed by atoms with Gasteiger partial charge in [0.05, 0.1) is 4.90 Å². The highest BCUT2D eigenvalue weighted by atomic mass is 32.2. The number of hydrogen-bond acceptors (Lipinski definition) is 4. The van der Waals surface area contributed by atoms with Crippen molar-refractivity contribution in [3.05, 3.63) is 18.2 Å². The predicted molar refractivity (Wildman–Crippen MR) is 80.0 cm³/mol. The molecule has 0 unspecified atom stereocenters. The molecule has 0 bridgehead atoms. The number of thioether (sulfide) groups is 1. The Balaban J connectivity index is 1.62. The number of aromatic hydroxyl groups is 2. The lowest BCUT2D eigenvalue weighted by Crippen LogP contribution is -2.30. The van der Waals surface area contributed by atoms with Crippen LogP contribution in [-0.4, -0.2) is 40.5 Å². The van der Waals surface area contributed by atoms with Crippen LogP contribution < -0.4 is 0 Å². The van der Waals surface area contributed by atoms with Crippen LogP contribution in [0.1, 0.15) is 32.1 Å². The van der Waals surface area contributed by atoms with E-state index in [2.05, 4.69) is 4.90 Å². The Bertz CT molecular complexity index is 392. The van der Waals surface area contributed by atoms with E-state index in [1.165, 1.54) is 51.4 Å². The van der Waals surface area contributed by atoms with Gasteiger partial charge in [-0.25, -0.2) is 0 Å². The molecule has 0 aromatic heterocycles. The summed E-state index contributed by atoms with van der Waals surface area (Å²) in [5, 5.41) is 19.0. The van der Waals surface area contributed by atoms with Gasteiger partial charge in [-0.05, 0) is 69.3 Å². The van der Waals surface area contributed by atoms with Crippen molar-refractivity contribution < 1.29 is 10.2 Å². The van der Waals surface area contributed by atoms with Gasteiger partial charge in [0.15, 0.2) is 0 Å². The molecule has 1 aliphatic rings. The van der Waals surface area contributed by atoms with Gasteiger partial charge in [-0.15, -0.1) is 11.8 Å². The fourth-order valence-electron chi connectivity index (χ4n) is 2.42. The highest BCUT2D eigenvalue weighted by Crippen LogP contribution is 2.31. The first kappa shape index (κ1) is 14.5. The van der Waals surface area contributed by atoms with Crippen LogP contribution in [-0.2, 0) is 0 Å². The Morgan fingerprint density at radius 1 is 1.05 bits per heavy atom. The second-order valence-electron chi connectivity index (χ2n) is 5.11. The standard InChI is InChI=1S/C15H23NO2S/c17-13-6-7-14(18)15(12-13)19-11-5-4-10-16-8-2-1-3-9-16/h6-7,12,17-18H,1-5,8-11H2. The molecule has 2 rings (SSSR count). The zero-order chi connectivity index (χ0) is 13.5. The maximum Gasteiger partial charge on any atom is 0.129 e. The van der Waals surface area contributed by atoms with Gasteiger partial charge in [-0.2, -0.15) is 0 Å². The summed E-state index contributed by atoms with van der Waals surface area (Å²) in [7, 11) is 0. The molecule has 106 valence electrons. The number of benzene rings is 1. The number of rotatable bonds is 6. The Hall–Kier alpha value is -0.870. The zero-order valence-electron chi connectivity index (χ0n) is 11.3. The number of unbranched alkanes of at least 4 members (excludes halogenated alkanes) is 1. The molecular weight excluding hydrogens is 258 g/mol. The SMILES string of the molecule is Oc1ccc(O)c(SCCCCN2CCCCC2)c1. The molecule has 1 aliphatic heterocycles. The third-order valence-electron chi connectivity index (χ3n) is 3.52. The number of phenols is 2. The van der Waals surface area contributed by atoms with E-state index in [1.807, 2.05) is 0 Å². The molecular formula is C15H23NO2S. The maximum absolute atomic E-state index is 9.66. The molecule has 4 heteroatoms. The highest BCUT2D eigenvalue weighted by molar-refractivity contribution is 7.99. The van der Waals surface area contributed by atoms with E-state index in [0.29, 0.717) is 0 Å². The van der Waals surface area contributed by atoms with Gasteiger partial charge < -0.3 is 15.1 Å². The molecule has 0 aliphatic carbocycles. The van der Waals surface area contributed by atoms with E-state index in [4.69, 9.17) is 0 Å². The third-order valence-corrected chi connectivity index (χ3v) is 4.65. The van der Waals surface area contributed by atoms with E-state index >= 15 is 0 Å². The van der Waals surface area contributed by atoms with Crippen molar-refractivity contribution in [2.24, 2.45) is 0 Å². The van der Waals surface area contributed by atoms with Gasteiger partial charge >= 0.3 is 0 Å². The summed E-state index contributed by atoms with van der Waals surface area (Å²) in [6.07, 6.45) is 6.46. The molecule has 0 atom stereocenters. The van der Waals surface area contributed by atoms with Crippen molar-refractivity contribution in [2.75, 3.05) is 25.4 Å². The maximum atomic E-state index is 9.66. The van der Waals surface area contributed by atoms with Gasteiger partial charge in [0.25, 0.3) is 0 Å². The zero-order valence-corrected chi connectivity index (χ0v) is 12.2. The molecule has 1 aromatic rings. The quantitative estimate of drug-likeness (QED) is 0.476. The van der Waals surface area contributed by atoms with Crippen LogP contribution in [0.3, 0.4) is 0 Å². The summed E-state index contributed by atoms with van der Waals surface area (Å²) in [6.45, 7) is 3.73. The Kier molecular flexibility index (Phi) is 5.86. The van der Waals surface area contributed by atoms with Gasteiger partial charge in [0.2, 0.25) is 0 Å². The molecule has 1 saturated heterocycles. The van der Waals surface area contributed by atoms with E-state index in [-0.39, 0.29) is 11.5 Å². The lowest BCUT2D eigenvalue weighted by Gasteiger charge is -2.26. The predicted octanol–water partition coefficient (Wildman–Crippen LogP) is 3.46. The lowest BCUT2D eigenvalue weighted by atomic mass is 10.1. The van der Waals surface area contributed by atoms with E-state index in [0.717, 1.165) is 17.1 Å². The molecule has 0 saturated carbocycles. The minimum Gasteiger partial charge on any atom is -0.508 e. The number of piperidine rings is 1. The van der Waals surface area contributed by atoms with Gasteiger partial charge in [-0.1, -0.05) is 6.42 Å². The second-order valence-corrected chi connectivity index (χ2v) is 6.25. The van der Waals surface area contributed by atoms with Crippen LogP contribution in [0.25, 0.3) is 0 Å². The second kappa shape index (κ2) is 7.65. The molecule has 1 fully saturated rings. The van der Waals surface area contributed by atoms with Crippen molar-refractivity contribution in [1.29, 1.82) is 0 Å². The molecule has 3 nitrogen and oxygen atoms in total. The normalized spacial score (nSPS) is 16.6. The highest BCUT2D eigenvalue weighted by Gasteiger charge is 2.09. The van der Waals surface area contributed by atoms with Crippen LogP contribution in [0.15, 0.2) is 23.1 Å². The van der Waals surface area contributed by atoms with Crippen LogP contribution in [0, 0.1) is 0 Å². The minimum absolute atomic E-state index is 0.216. The first-order chi connectivity index (χ1) is 9.25. The average molecular weight is 281 g/mol. The third kappa shape index (κ3) is 4.96. The van der Waals surface area contributed by atoms with Gasteiger partial charge in [0, 0.05) is 0 Å². The topological polar surface area (TPSA) is 43.7 Å². The monoisotopic (exact) mass is 281 g/mol. The van der Waals surface area contributed by atoms with Crippen molar-refractivity contribution in [3.63, 3.8) is 0 Å². The van der Waals surface area contributed by atoms with Gasteiger partial charge in [0.1, 0.15) is 11.5 Å². The van der Waals surface area contributed by atoms with Crippen molar-refractivity contribution in [3.8, 4) is 11.5 Å². The van der Waals surface area contributed by atoms with Crippen LogP contribution >= 0.6 is 11.8 Å². The number of phenolic OH excluding ortho intramolecular Hbond substituents is 2. The van der Waals surface area contributed by atoms with E-state index in [1.54, 1.807) is 23.9 Å². The Labute approximate surface area is 119 Å². The van der Waals surface area contributed by atoms with E-state index in [9.17, 15) is 10.2 Å². The smallest absolute Gasteiger partial charge is 0.129 e. The fraction of sp³-hybridized carbons (Fsp3) is 0.600. The van der Waals surface area contributed by atoms with Crippen LogP contribution in [0.4, 0.5) is 0 Å². The molecule has 2 N–H and O–H groups in total. The fourth-order valence-corrected chi connectivity index (χ4v) is 3.41. The van der Waals surface area contributed by atoms with Crippen molar-refractivity contribution in [1.82, 2.24) is 4.90 Å². The Morgan fingerprint density at radius 2 is 1.84 bits per heavy atom. The molecule has 1 aromatic carbocycles. The summed E-state index contributed by atoms with van der Waals surface area (Å²) in [6, 6.07) is 4.69. The van der Waals surface area contributed by atoms with Crippen LogP contribution in [0.2, 0.25) is 0 Å². The first-order valence-corrected chi connectivity index (χ1v) is 8.11. The molecule has 19 heavy (non-hydrogen) atoms. The Morgan fingerprint density at radius 3 is 2.63 bits per heavy atom. The molecule has 0 spiro atoms. The molecule has 1 heterocycles. The summed E-state index contributed by atoms with van der Waals surface area (Å²) < 4.78 is 0. The molecule has 0 amide bonds. The average Bonchev–Trinajstić information content (AvgIpc) is 2.43. The van der Waals surface area contributed by atoms with Crippen molar-refractivity contribution in [2.45, 2.75) is 37.0 Å². The number of likely N-dealkylation sites (tertiary alicyclic amines) is 1. The van der Waals surface area contributed by atoms with Crippen molar-refractivity contribution >= 4 is 11.8 Å².